The lowest BCUT2D eigenvalue weighted by Crippen LogP contribution is -2.53. The predicted octanol–water partition coefficient (Wildman–Crippen LogP) is 7.92. The third-order valence-electron chi connectivity index (χ3n) is 11.6. The van der Waals surface area contributed by atoms with Crippen molar-refractivity contribution in [1.82, 2.24) is 19.9 Å². The van der Waals surface area contributed by atoms with Crippen molar-refractivity contribution in [3.05, 3.63) is 42.0 Å². The smallest absolute Gasteiger partial charge is 0.319 e. The number of hydrogen-bond acceptors (Lipinski definition) is 10. The third kappa shape index (κ3) is 7.47. The number of anilines is 1. The molecule has 8 rings (SSSR count). The molecule has 286 valence electrons. The summed E-state index contributed by atoms with van der Waals surface area (Å²) in [4.78, 5) is 19.0. The molecular formula is C41H53F2N5O5. The fourth-order valence-corrected chi connectivity index (χ4v) is 9.26. The Morgan fingerprint density at radius 2 is 1.81 bits per heavy atom. The number of pyridine rings is 1. The molecule has 12 heteroatoms. The van der Waals surface area contributed by atoms with Crippen LogP contribution in [0.3, 0.4) is 0 Å². The van der Waals surface area contributed by atoms with Crippen LogP contribution in [0.5, 0.6) is 17.6 Å². The Bertz CT molecular complexity index is 1910. The molecule has 3 saturated heterocycles. The second kappa shape index (κ2) is 16.2. The van der Waals surface area contributed by atoms with Gasteiger partial charge in [0, 0.05) is 55.3 Å². The van der Waals surface area contributed by atoms with Crippen molar-refractivity contribution in [3.63, 3.8) is 0 Å². The molecule has 0 spiro atoms. The van der Waals surface area contributed by atoms with Crippen molar-refractivity contribution in [2.75, 3.05) is 64.6 Å². The number of nitrogens with zero attached hydrogens (tertiary/aromatic N) is 5. The maximum atomic E-state index is 17.1. The van der Waals surface area contributed by atoms with E-state index in [0.717, 1.165) is 71.1 Å². The molecule has 1 N–H and O–H groups in total. The number of phenolic OH excluding ortho intramolecular Hbond substituents is 1. The van der Waals surface area contributed by atoms with Crippen molar-refractivity contribution in [2.45, 2.75) is 84.3 Å². The van der Waals surface area contributed by atoms with E-state index in [0.29, 0.717) is 67.6 Å². The molecule has 0 bridgehead atoms. The van der Waals surface area contributed by atoms with E-state index in [2.05, 4.69) is 16.8 Å². The molecule has 1 aliphatic carbocycles. The number of aromatic hydroxyl groups is 1. The summed E-state index contributed by atoms with van der Waals surface area (Å²) in [5.41, 5.74) is -0.156. The lowest BCUT2D eigenvalue weighted by atomic mass is 9.75. The van der Waals surface area contributed by atoms with Gasteiger partial charge >= 0.3 is 6.01 Å². The normalized spacial score (nSPS) is 25.1. The minimum Gasteiger partial charge on any atom is -0.508 e. The van der Waals surface area contributed by atoms with Crippen molar-refractivity contribution in [2.24, 2.45) is 11.3 Å². The van der Waals surface area contributed by atoms with Crippen LogP contribution in [-0.2, 0) is 9.47 Å². The highest BCUT2D eigenvalue weighted by Crippen LogP contribution is 2.49. The van der Waals surface area contributed by atoms with E-state index in [-0.39, 0.29) is 45.2 Å². The zero-order valence-corrected chi connectivity index (χ0v) is 31.5. The molecule has 4 aliphatic rings. The average Bonchev–Trinajstić information content (AvgIpc) is 3.42. The van der Waals surface area contributed by atoms with Crippen molar-refractivity contribution >= 4 is 27.5 Å². The van der Waals surface area contributed by atoms with Gasteiger partial charge in [0.15, 0.2) is 5.82 Å². The summed E-state index contributed by atoms with van der Waals surface area (Å²) >= 11 is 0. The van der Waals surface area contributed by atoms with E-state index in [1.54, 1.807) is 12.1 Å². The van der Waals surface area contributed by atoms with E-state index in [9.17, 15) is 5.11 Å². The minimum absolute atomic E-state index is 0.0331. The fourth-order valence-electron chi connectivity index (χ4n) is 9.26. The van der Waals surface area contributed by atoms with Gasteiger partial charge in [0.25, 0.3) is 0 Å². The number of benzene rings is 2. The predicted molar refractivity (Wildman–Crippen MR) is 202 cm³/mol. The van der Waals surface area contributed by atoms with Gasteiger partial charge < -0.3 is 29.0 Å². The number of hydrogen-bond donors (Lipinski definition) is 1. The Balaban J connectivity index is 0.00000214. The van der Waals surface area contributed by atoms with Gasteiger partial charge in [-0.3, -0.25) is 4.90 Å². The summed E-state index contributed by atoms with van der Waals surface area (Å²) in [5.74, 6) is -0.279. The maximum absolute atomic E-state index is 17.1. The summed E-state index contributed by atoms with van der Waals surface area (Å²) in [6.45, 7) is 11.9. The summed E-state index contributed by atoms with van der Waals surface area (Å²) < 4.78 is 56.3. The number of aromatic nitrogens is 3. The van der Waals surface area contributed by atoms with Gasteiger partial charge in [0.05, 0.1) is 26.4 Å². The molecule has 10 nitrogen and oxygen atoms in total. The highest BCUT2D eigenvalue weighted by molar-refractivity contribution is 6.02. The van der Waals surface area contributed by atoms with Crippen LogP contribution in [0.25, 0.3) is 32.9 Å². The fraction of sp³-hybridized carbons (Fsp3) is 0.585. The van der Waals surface area contributed by atoms with Crippen molar-refractivity contribution in [3.8, 4) is 28.9 Å². The number of fused-ring (bicyclic) bond motifs is 3. The van der Waals surface area contributed by atoms with Crippen LogP contribution >= 0.6 is 0 Å². The molecule has 4 atom stereocenters. The van der Waals surface area contributed by atoms with Crippen LogP contribution < -0.4 is 14.4 Å². The van der Waals surface area contributed by atoms with Gasteiger partial charge in [-0.25, -0.2) is 13.8 Å². The van der Waals surface area contributed by atoms with E-state index >= 15 is 8.78 Å². The quantitative estimate of drug-likeness (QED) is 0.192. The second-order valence-electron chi connectivity index (χ2n) is 14.9. The van der Waals surface area contributed by atoms with Crippen LogP contribution in [0.15, 0.2) is 30.3 Å². The number of methoxy groups -OCH3 is 1. The van der Waals surface area contributed by atoms with Crippen molar-refractivity contribution < 1.29 is 32.8 Å². The Morgan fingerprint density at radius 3 is 2.64 bits per heavy atom. The van der Waals surface area contributed by atoms with Crippen LogP contribution in [0.1, 0.15) is 72.1 Å². The molecule has 2 aromatic carbocycles. The topological polar surface area (TPSA) is 102 Å². The molecule has 2 aromatic heterocycles. The molecule has 1 saturated carbocycles. The molecule has 0 radical (unpaired) electrons. The van der Waals surface area contributed by atoms with E-state index < -0.39 is 11.6 Å². The molecule has 4 aromatic rings. The molecule has 3 aliphatic heterocycles. The van der Waals surface area contributed by atoms with Gasteiger partial charge in [-0.1, -0.05) is 32.4 Å². The molecule has 4 fully saturated rings. The monoisotopic (exact) mass is 733 g/mol. The molecule has 3 unspecified atom stereocenters. The standard InChI is InChI=1S/C39H47F2N5O5.C2H6/c1-24-19-25(10-17-50-24)22-46-13-5-12-39(11-4-9-30(39)46)23-51-38-43-35-32(36(44-38)45-14-6-16-49-18-15-45)37(48-2)42-34(33(35)41)28-21-27(47)20-26-7-3-8-29(40)31(26)28;1-2/h3,7-8,20-21,24-25,30,47H,4-6,9-19,22-23H2,1-2H3;1-2H3/t24-,25?,30?,39?;/m0./s1. The molecule has 53 heavy (non-hydrogen) atoms. The van der Waals surface area contributed by atoms with Crippen LogP contribution in [0.4, 0.5) is 14.6 Å². The largest absolute Gasteiger partial charge is 0.508 e. The van der Waals surface area contributed by atoms with E-state index in [1.807, 2.05) is 18.7 Å². The van der Waals surface area contributed by atoms with Gasteiger partial charge in [0.2, 0.25) is 5.88 Å². The van der Waals surface area contributed by atoms with Gasteiger partial charge in [-0.15, -0.1) is 0 Å². The van der Waals surface area contributed by atoms with Crippen LogP contribution in [0, 0.1) is 23.0 Å². The van der Waals surface area contributed by atoms with Gasteiger partial charge in [0.1, 0.15) is 34.0 Å². The number of likely N-dealkylation sites (tertiary alicyclic amines) is 1. The first kappa shape index (κ1) is 37.4. The van der Waals surface area contributed by atoms with E-state index in [4.69, 9.17) is 28.9 Å². The first-order valence-electron chi connectivity index (χ1n) is 19.5. The molecular weight excluding hydrogens is 680 g/mol. The zero-order chi connectivity index (χ0) is 37.1. The SMILES string of the molecule is CC.COc1nc(-c2cc(O)cc3cccc(F)c23)c(F)c2nc(OCC34CCCC3N(CC3CCO[C@@H](C)C3)CCC4)nc(N3CCCOCC3)c12. The van der Waals surface area contributed by atoms with Gasteiger partial charge in [-0.05, 0) is 87.9 Å². The number of halogens is 2. The number of ether oxygens (including phenoxy) is 4. The highest BCUT2D eigenvalue weighted by atomic mass is 19.1. The summed E-state index contributed by atoms with van der Waals surface area (Å²) in [6, 6.07) is 7.78. The Labute approximate surface area is 310 Å². The van der Waals surface area contributed by atoms with Crippen molar-refractivity contribution in [1.29, 1.82) is 0 Å². The average molecular weight is 734 g/mol. The second-order valence-corrected chi connectivity index (χ2v) is 14.9. The van der Waals surface area contributed by atoms with E-state index in [1.165, 1.54) is 25.3 Å². The highest BCUT2D eigenvalue weighted by Gasteiger charge is 2.49. The first-order valence-corrected chi connectivity index (χ1v) is 19.5. The van der Waals surface area contributed by atoms with Gasteiger partial charge in [-0.2, -0.15) is 9.97 Å². The Hall–Kier alpha value is -3.87. The van der Waals surface area contributed by atoms with Crippen LogP contribution in [0.2, 0.25) is 0 Å². The zero-order valence-electron chi connectivity index (χ0n) is 31.5. The summed E-state index contributed by atoms with van der Waals surface area (Å²) in [7, 11) is 1.46. The molecule has 5 heterocycles. The summed E-state index contributed by atoms with van der Waals surface area (Å²) in [6.07, 6.45) is 8.77. The molecule has 0 amide bonds. The first-order chi connectivity index (χ1) is 25.8. The Kier molecular flexibility index (Phi) is 11.5. The number of piperidine rings is 1. The number of phenols is 1. The third-order valence-corrected chi connectivity index (χ3v) is 11.6. The maximum Gasteiger partial charge on any atom is 0.319 e. The summed E-state index contributed by atoms with van der Waals surface area (Å²) in [5, 5.41) is 11.5. The lowest BCUT2D eigenvalue weighted by molar-refractivity contribution is -0.0369. The van der Waals surface area contributed by atoms with Crippen LogP contribution in [-0.4, -0.2) is 96.8 Å². The lowest BCUT2D eigenvalue weighted by Gasteiger charge is -2.47. The Morgan fingerprint density at radius 1 is 0.962 bits per heavy atom. The number of rotatable bonds is 8. The minimum atomic E-state index is -0.771.